The normalized spacial score (nSPS) is 21.9. The number of ketones is 1. The Morgan fingerprint density at radius 1 is 1.44 bits per heavy atom. The van der Waals surface area contributed by atoms with E-state index in [2.05, 4.69) is 17.9 Å². The number of carbonyl (C=O) groups excluding carboxylic acids is 1. The number of carbonyl (C=O) groups is 1. The van der Waals surface area contributed by atoms with Gasteiger partial charge in [-0.25, -0.2) is 5.32 Å². The Morgan fingerprint density at radius 3 is 2.81 bits per heavy atom. The van der Waals surface area contributed by atoms with Gasteiger partial charge in [-0.05, 0) is 12.8 Å². The van der Waals surface area contributed by atoms with Crippen LogP contribution in [-0.2, 0) is 0 Å². The van der Waals surface area contributed by atoms with Gasteiger partial charge in [-0.2, -0.15) is 12.6 Å². The smallest absolute Gasteiger partial charge is 0.164 e. The second kappa shape index (κ2) is 5.51. The van der Waals surface area contributed by atoms with E-state index in [1.165, 1.54) is 0 Å². The fourth-order valence-corrected chi connectivity index (χ4v) is 2.44. The van der Waals surface area contributed by atoms with Crippen molar-refractivity contribution in [2.75, 3.05) is 6.54 Å². The quantitative estimate of drug-likeness (QED) is 0.629. The van der Waals surface area contributed by atoms with E-state index < -0.39 is 0 Å². The first-order valence-electron chi connectivity index (χ1n) is 5.70. The topological polar surface area (TPSA) is 31.2 Å². The maximum absolute atomic E-state index is 11.9. The molecule has 2 rings (SSSR count). The summed E-state index contributed by atoms with van der Waals surface area (Å²) in [6, 6.07) is 9.68. The lowest BCUT2D eigenvalue weighted by Crippen LogP contribution is -2.28. The molecule has 0 spiro atoms. The lowest BCUT2D eigenvalue weighted by molar-refractivity contribution is 0.0979. The van der Waals surface area contributed by atoms with Gasteiger partial charge in [0, 0.05) is 29.8 Å². The highest BCUT2D eigenvalue weighted by Gasteiger charge is 2.25. The SMILES string of the molecule is O=C(CC(S)[C@@H]1CCC[N]1)c1ccccc1. The van der Waals surface area contributed by atoms with Crippen LogP contribution in [0.4, 0.5) is 0 Å². The molecule has 0 aliphatic carbocycles. The fraction of sp³-hybridized carbons (Fsp3) is 0.462. The summed E-state index contributed by atoms with van der Waals surface area (Å²) in [6.45, 7) is 0.932. The minimum Gasteiger partial charge on any atom is -0.294 e. The zero-order valence-electron chi connectivity index (χ0n) is 9.17. The van der Waals surface area contributed by atoms with Gasteiger partial charge in [-0.1, -0.05) is 30.3 Å². The summed E-state index contributed by atoms with van der Waals surface area (Å²) in [6.07, 6.45) is 2.71. The Morgan fingerprint density at radius 2 is 2.19 bits per heavy atom. The van der Waals surface area contributed by atoms with Gasteiger partial charge in [0.2, 0.25) is 0 Å². The van der Waals surface area contributed by atoms with Crippen molar-refractivity contribution in [2.45, 2.75) is 30.6 Å². The maximum Gasteiger partial charge on any atom is 0.164 e. The molecule has 0 amide bonds. The number of thiol groups is 1. The summed E-state index contributed by atoms with van der Waals surface area (Å²) in [4.78, 5) is 11.9. The standard InChI is InChI=1S/C13H16NOS/c15-12(10-5-2-1-3-6-10)9-13(16)11-7-4-8-14-11/h1-3,5-6,11,13,16H,4,7-9H2/t11-,13?/m0/s1. The fourth-order valence-electron chi connectivity index (χ4n) is 2.03. The van der Waals surface area contributed by atoms with E-state index in [-0.39, 0.29) is 17.1 Å². The van der Waals surface area contributed by atoms with E-state index in [1.807, 2.05) is 30.3 Å². The molecule has 1 aliphatic rings. The van der Waals surface area contributed by atoms with Gasteiger partial charge in [0.15, 0.2) is 5.78 Å². The number of nitrogens with zero attached hydrogens (tertiary/aromatic N) is 1. The molecule has 1 aromatic rings. The molecule has 1 saturated heterocycles. The molecule has 0 N–H and O–H groups in total. The predicted octanol–water partition coefficient (Wildman–Crippen LogP) is 2.32. The van der Waals surface area contributed by atoms with Crippen LogP contribution in [0.3, 0.4) is 0 Å². The Bertz CT molecular complexity index is 346. The van der Waals surface area contributed by atoms with Crippen LogP contribution in [-0.4, -0.2) is 23.6 Å². The molecular formula is C13H16NOS. The zero-order chi connectivity index (χ0) is 11.4. The van der Waals surface area contributed by atoms with Crippen molar-refractivity contribution in [3.63, 3.8) is 0 Å². The Balaban J connectivity index is 1.92. The Kier molecular flexibility index (Phi) is 4.02. The molecule has 1 radical (unpaired) electrons. The van der Waals surface area contributed by atoms with Gasteiger partial charge >= 0.3 is 0 Å². The van der Waals surface area contributed by atoms with Crippen LogP contribution in [0.25, 0.3) is 0 Å². The van der Waals surface area contributed by atoms with Crippen molar-refractivity contribution < 1.29 is 4.79 Å². The predicted molar refractivity (Wildman–Crippen MR) is 68.2 cm³/mol. The van der Waals surface area contributed by atoms with Crippen LogP contribution in [0, 0.1) is 0 Å². The van der Waals surface area contributed by atoms with Gasteiger partial charge in [-0.3, -0.25) is 4.79 Å². The molecule has 2 nitrogen and oxygen atoms in total. The molecule has 1 aliphatic heterocycles. The number of benzene rings is 1. The average molecular weight is 234 g/mol. The Labute approximate surface area is 102 Å². The van der Waals surface area contributed by atoms with E-state index in [4.69, 9.17) is 0 Å². The van der Waals surface area contributed by atoms with Gasteiger partial charge in [-0.15, -0.1) is 0 Å². The van der Waals surface area contributed by atoms with Crippen molar-refractivity contribution in [1.29, 1.82) is 0 Å². The largest absolute Gasteiger partial charge is 0.294 e. The summed E-state index contributed by atoms with van der Waals surface area (Å²) >= 11 is 4.50. The summed E-state index contributed by atoms with van der Waals surface area (Å²) in [5.41, 5.74) is 0.777. The van der Waals surface area contributed by atoms with Crippen LogP contribution in [0.1, 0.15) is 29.6 Å². The Hall–Kier alpha value is -0.800. The van der Waals surface area contributed by atoms with Gasteiger partial charge in [0.25, 0.3) is 0 Å². The summed E-state index contributed by atoms with van der Waals surface area (Å²) in [5.74, 6) is 0.169. The zero-order valence-corrected chi connectivity index (χ0v) is 10.1. The third kappa shape index (κ3) is 2.86. The third-order valence-electron chi connectivity index (χ3n) is 2.96. The lowest BCUT2D eigenvalue weighted by Gasteiger charge is -2.16. The molecule has 2 atom stereocenters. The molecule has 16 heavy (non-hydrogen) atoms. The number of hydrogen-bond acceptors (Lipinski definition) is 2. The lowest BCUT2D eigenvalue weighted by atomic mass is 10.0. The van der Waals surface area contributed by atoms with Gasteiger partial charge in [0.05, 0.1) is 0 Å². The third-order valence-corrected chi connectivity index (χ3v) is 3.48. The van der Waals surface area contributed by atoms with Crippen LogP contribution in [0.2, 0.25) is 0 Å². The second-order valence-corrected chi connectivity index (χ2v) is 4.84. The number of hydrogen-bond donors (Lipinski definition) is 1. The van der Waals surface area contributed by atoms with Crippen LogP contribution < -0.4 is 5.32 Å². The van der Waals surface area contributed by atoms with Crippen molar-refractivity contribution in [3.05, 3.63) is 35.9 Å². The van der Waals surface area contributed by atoms with Gasteiger partial charge < -0.3 is 0 Å². The first-order chi connectivity index (χ1) is 7.77. The molecule has 0 bridgehead atoms. The van der Waals surface area contributed by atoms with Gasteiger partial charge in [0.1, 0.15) is 0 Å². The first-order valence-corrected chi connectivity index (χ1v) is 6.22. The van der Waals surface area contributed by atoms with Crippen molar-refractivity contribution in [2.24, 2.45) is 0 Å². The molecule has 1 unspecified atom stereocenters. The van der Waals surface area contributed by atoms with Crippen LogP contribution in [0.5, 0.6) is 0 Å². The minimum atomic E-state index is 0.0789. The highest BCUT2D eigenvalue weighted by atomic mass is 32.1. The first kappa shape index (κ1) is 11.7. The molecule has 1 heterocycles. The number of Topliss-reactive ketones (excluding diaryl/α,β-unsaturated/α-hetero) is 1. The van der Waals surface area contributed by atoms with Crippen molar-refractivity contribution >= 4 is 18.4 Å². The number of rotatable bonds is 4. The van der Waals surface area contributed by atoms with E-state index in [0.29, 0.717) is 6.42 Å². The molecule has 0 aromatic heterocycles. The maximum atomic E-state index is 11.9. The summed E-state index contributed by atoms with van der Waals surface area (Å²) < 4.78 is 0. The summed E-state index contributed by atoms with van der Waals surface area (Å²) in [5, 5.41) is 4.53. The highest BCUT2D eigenvalue weighted by Crippen LogP contribution is 2.19. The molecule has 1 fully saturated rings. The molecule has 85 valence electrons. The van der Waals surface area contributed by atoms with E-state index in [9.17, 15) is 4.79 Å². The van der Waals surface area contributed by atoms with E-state index >= 15 is 0 Å². The second-order valence-electron chi connectivity index (χ2n) is 4.18. The molecule has 1 aromatic carbocycles. The van der Waals surface area contributed by atoms with Crippen LogP contribution in [0.15, 0.2) is 30.3 Å². The van der Waals surface area contributed by atoms with E-state index in [1.54, 1.807) is 0 Å². The van der Waals surface area contributed by atoms with E-state index in [0.717, 1.165) is 24.9 Å². The summed E-state index contributed by atoms with van der Waals surface area (Å²) in [7, 11) is 0. The van der Waals surface area contributed by atoms with Crippen molar-refractivity contribution in [1.82, 2.24) is 5.32 Å². The average Bonchev–Trinajstić information content (AvgIpc) is 2.83. The molecule has 0 saturated carbocycles. The monoisotopic (exact) mass is 234 g/mol. The minimum absolute atomic E-state index is 0.0789. The highest BCUT2D eigenvalue weighted by molar-refractivity contribution is 7.81. The van der Waals surface area contributed by atoms with Crippen LogP contribution >= 0.6 is 12.6 Å². The molecular weight excluding hydrogens is 218 g/mol. The van der Waals surface area contributed by atoms with Crippen molar-refractivity contribution in [3.8, 4) is 0 Å². The molecule has 3 heteroatoms.